The minimum Gasteiger partial charge on any atom is -0.494 e. The molecule has 0 spiro atoms. The van der Waals surface area contributed by atoms with Crippen molar-refractivity contribution < 1.29 is 4.74 Å². The minimum absolute atomic E-state index is 0.475. The molecule has 0 aliphatic carbocycles. The van der Waals surface area contributed by atoms with Gasteiger partial charge in [0.1, 0.15) is 5.75 Å². The summed E-state index contributed by atoms with van der Waals surface area (Å²) >= 11 is 6.01. The van der Waals surface area contributed by atoms with E-state index in [1.54, 1.807) is 0 Å². The first-order valence-electron chi connectivity index (χ1n) is 7.40. The Morgan fingerprint density at radius 3 is 2.57 bits per heavy atom. The highest BCUT2D eigenvalue weighted by molar-refractivity contribution is 6.30. The summed E-state index contributed by atoms with van der Waals surface area (Å²) in [5, 5.41) is 0.788. The summed E-state index contributed by atoms with van der Waals surface area (Å²) in [7, 11) is 0. The lowest BCUT2D eigenvalue weighted by atomic mass is 9.95. The molecular weight excluding hydrogens is 282 g/mol. The van der Waals surface area contributed by atoms with Gasteiger partial charge in [0.25, 0.3) is 0 Å². The molecule has 0 radical (unpaired) electrons. The average molecular weight is 304 g/mol. The molecule has 0 saturated heterocycles. The van der Waals surface area contributed by atoms with E-state index in [1.165, 1.54) is 5.56 Å². The Labute approximate surface area is 131 Å². The standard InChI is InChI=1S/C18H22ClNO/c19-17-8-4-6-15(13-17)12-16(14-20)7-5-11-21-18-9-2-1-3-10-18/h1-4,6,8-10,13,16H,5,7,11-12,14,20H2. The van der Waals surface area contributed by atoms with Gasteiger partial charge in [0.2, 0.25) is 0 Å². The van der Waals surface area contributed by atoms with Crippen LogP contribution >= 0.6 is 11.6 Å². The zero-order chi connectivity index (χ0) is 14.9. The molecule has 2 N–H and O–H groups in total. The molecule has 0 aliphatic rings. The lowest BCUT2D eigenvalue weighted by Gasteiger charge is -2.15. The summed E-state index contributed by atoms with van der Waals surface area (Å²) in [6, 6.07) is 17.9. The second-order valence-electron chi connectivity index (χ2n) is 5.24. The monoisotopic (exact) mass is 303 g/mol. The van der Waals surface area contributed by atoms with Gasteiger partial charge in [-0.25, -0.2) is 0 Å². The summed E-state index contributed by atoms with van der Waals surface area (Å²) in [5.74, 6) is 1.40. The van der Waals surface area contributed by atoms with Gasteiger partial charge in [0, 0.05) is 5.02 Å². The van der Waals surface area contributed by atoms with Gasteiger partial charge in [0.05, 0.1) is 6.61 Å². The Morgan fingerprint density at radius 1 is 1.05 bits per heavy atom. The summed E-state index contributed by atoms with van der Waals surface area (Å²) < 4.78 is 5.71. The number of benzene rings is 2. The molecule has 1 unspecified atom stereocenters. The van der Waals surface area contributed by atoms with Crippen molar-refractivity contribution in [1.29, 1.82) is 0 Å². The zero-order valence-electron chi connectivity index (χ0n) is 12.2. The molecule has 0 bridgehead atoms. The second kappa shape index (κ2) is 8.71. The van der Waals surface area contributed by atoms with Crippen LogP contribution in [0.5, 0.6) is 5.75 Å². The van der Waals surface area contributed by atoms with Crippen LogP contribution in [0.4, 0.5) is 0 Å². The maximum Gasteiger partial charge on any atom is 0.119 e. The van der Waals surface area contributed by atoms with E-state index in [2.05, 4.69) is 6.07 Å². The van der Waals surface area contributed by atoms with Crippen LogP contribution in [0, 0.1) is 5.92 Å². The number of hydrogen-bond donors (Lipinski definition) is 1. The third kappa shape index (κ3) is 5.78. The number of para-hydroxylation sites is 1. The Bertz CT molecular complexity index is 530. The first-order valence-corrected chi connectivity index (χ1v) is 7.78. The van der Waals surface area contributed by atoms with Gasteiger partial charge >= 0.3 is 0 Å². The van der Waals surface area contributed by atoms with Gasteiger partial charge < -0.3 is 10.5 Å². The van der Waals surface area contributed by atoms with E-state index in [0.29, 0.717) is 12.5 Å². The lowest BCUT2D eigenvalue weighted by molar-refractivity contribution is 0.292. The van der Waals surface area contributed by atoms with E-state index in [-0.39, 0.29) is 0 Å². The quantitative estimate of drug-likeness (QED) is 0.737. The maximum absolute atomic E-state index is 6.01. The number of rotatable bonds is 8. The third-order valence-electron chi connectivity index (χ3n) is 3.52. The van der Waals surface area contributed by atoms with E-state index in [9.17, 15) is 0 Å². The van der Waals surface area contributed by atoms with Gasteiger partial charge in [-0.05, 0) is 61.6 Å². The Kier molecular flexibility index (Phi) is 6.58. The van der Waals surface area contributed by atoms with Crippen molar-refractivity contribution in [3.05, 3.63) is 65.2 Å². The van der Waals surface area contributed by atoms with E-state index in [1.807, 2.05) is 48.5 Å². The van der Waals surface area contributed by atoms with Crippen LogP contribution in [0.25, 0.3) is 0 Å². The molecular formula is C18H22ClNO. The van der Waals surface area contributed by atoms with Crippen molar-refractivity contribution >= 4 is 11.6 Å². The highest BCUT2D eigenvalue weighted by atomic mass is 35.5. The topological polar surface area (TPSA) is 35.2 Å². The maximum atomic E-state index is 6.01. The molecule has 0 fully saturated rings. The first kappa shape index (κ1) is 15.9. The number of hydrogen-bond acceptors (Lipinski definition) is 2. The molecule has 21 heavy (non-hydrogen) atoms. The number of ether oxygens (including phenoxy) is 1. The highest BCUT2D eigenvalue weighted by Crippen LogP contribution is 2.17. The Hall–Kier alpha value is -1.51. The van der Waals surface area contributed by atoms with Gasteiger partial charge in [-0.2, -0.15) is 0 Å². The van der Waals surface area contributed by atoms with Crippen molar-refractivity contribution in [3.63, 3.8) is 0 Å². The molecule has 0 saturated carbocycles. The minimum atomic E-state index is 0.475. The van der Waals surface area contributed by atoms with Crippen LogP contribution in [-0.2, 0) is 6.42 Å². The molecule has 0 aromatic heterocycles. The molecule has 2 aromatic carbocycles. The van der Waals surface area contributed by atoms with E-state index in [4.69, 9.17) is 22.1 Å². The van der Waals surface area contributed by atoms with Crippen LogP contribution in [0.2, 0.25) is 5.02 Å². The molecule has 2 rings (SSSR count). The van der Waals surface area contributed by atoms with E-state index in [0.717, 1.165) is 36.6 Å². The fraction of sp³-hybridized carbons (Fsp3) is 0.333. The summed E-state index contributed by atoms with van der Waals surface area (Å²) in [6.07, 6.45) is 3.05. The van der Waals surface area contributed by atoms with Crippen LogP contribution in [0.1, 0.15) is 18.4 Å². The van der Waals surface area contributed by atoms with Crippen LogP contribution in [0.3, 0.4) is 0 Å². The van der Waals surface area contributed by atoms with Crippen molar-refractivity contribution in [1.82, 2.24) is 0 Å². The fourth-order valence-corrected chi connectivity index (χ4v) is 2.59. The van der Waals surface area contributed by atoms with E-state index >= 15 is 0 Å². The smallest absolute Gasteiger partial charge is 0.119 e. The summed E-state index contributed by atoms with van der Waals surface area (Å²) in [4.78, 5) is 0. The highest BCUT2D eigenvalue weighted by Gasteiger charge is 2.08. The predicted octanol–water partition coefficient (Wildman–Crippen LogP) is 4.32. The molecule has 2 nitrogen and oxygen atoms in total. The number of halogens is 1. The SMILES string of the molecule is NCC(CCCOc1ccccc1)Cc1cccc(Cl)c1. The third-order valence-corrected chi connectivity index (χ3v) is 3.75. The van der Waals surface area contributed by atoms with Gasteiger partial charge in [0.15, 0.2) is 0 Å². The lowest BCUT2D eigenvalue weighted by Crippen LogP contribution is -2.17. The van der Waals surface area contributed by atoms with E-state index < -0.39 is 0 Å². The molecule has 3 heteroatoms. The van der Waals surface area contributed by atoms with Gasteiger partial charge in [-0.3, -0.25) is 0 Å². The normalized spacial score (nSPS) is 12.1. The predicted molar refractivity (Wildman–Crippen MR) is 88.9 cm³/mol. The molecule has 0 heterocycles. The number of nitrogens with two attached hydrogens (primary N) is 1. The molecule has 112 valence electrons. The van der Waals surface area contributed by atoms with Crippen molar-refractivity contribution in [2.75, 3.05) is 13.2 Å². The van der Waals surface area contributed by atoms with Crippen LogP contribution in [0.15, 0.2) is 54.6 Å². The Balaban J connectivity index is 1.72. The molecule has 2 aromatic rings. The second-order valence-corrected chi connectivity index (χ2v) is 5.68. The first-order chi connectivity index (χ1) is 10.3. The zero-order valence-corrected chi connectivity index (χ0v) is 12.9. The van der Waals surface area contributed by atoms with Crippen LogP contribution in [-0.4, -0.2) is 13.2 Å². The molecule has 0 aliphatic heterocycles. The van der Waals surface area contributed by atoms with Crippen molar-refractivity contribution in [2.45, 2.75) is 19.3 Å². The average Bonchev–Trinajstić information content (AvgIpc) is 2.51. The van der Waals surface area contributed by atoms with Gasteiger partial charge in [-0.1, -0.05) is 41.9 Å². The molecule has 1 atom stereocenters. The van der Waals surface area contributed by atoms with Crippen molar-refractivity contribution in [3.8, 4) is 5.75 Å². The summed E-state index contributed by atoms with van der Waals surface area (Å²) in [5.41, 5.74) is 7.13. The van der Waals surface area contributed by atoms with Gasteiger partial charge in [-0.15, -0.1) is 0 Å². The van der Waals surface area contributed by atoms with Crippen molar-refractivity contribution in [2.24, 2.45) is 11.7 Å². The van der Waals surface area contributed by atoms with Crippen LogP contribution < -0.4 is 10.5 Å². The summed E-state index contributed by atoms with van der Waals surface area (Å²) in [6.45, 7) is 1.42. The molecule has 0 amide bonds. The largest absolute Gasteiger partial charge is 0.494 e. The fourth-order valence-electron chi connectivity index (χ4n) is 2.38. The Morgan fingerprint density at radius 2 is 1.86 bits per heavy atom.